The molecule has 3 rings (SSSR count). The number of rotatable bonds is 4. The van der Waals surface area contributed by atoms with E-state index >= 15 is 0 Å². The Morgan fingerprint density at radius 3 is 2.52 bits per heavy atom. The molecule has 170 valence electrons. The highest BCUT2D eigenvalue weighted by atomic mass is 19.4. The second-order valence-corrected chi connectivity index (χ2v) is 7.66. The van der Waals surface area contributed by atoms with Crippen LogP contribution in [0.2, 0.25) is 0 Å². The molecule has 31 heavy (non-hydrogen) atoms. The Balaban J connectivity index is 1.86. The summed E-state index contributed by atoms with van der Waals surface area (Å²) < 4.78 is 48.1. The summed E-state index contributed by atoms with van der Waals surface area (Å²) in [5.74, 6) is -1.37. The van der Waals surface area contributed by atoms with E-state index in [0.717, 1.165) is 0 Å². The molecule has 1 amide bonds. The van der Waals surface area contributed by atoms with Crippen LogP contribution in [0.1, 0.15) is 54.4 Å². The van der Waals surface area contributed by atoms with E-state index in [1.165, 1.54) is 17.5 Å². The van der Waals surface area contributed by atoms with Gasteiger partial charge in [0.2, 0.25) is 0 Å². The van der Waals surface area contributed by atoms with E-state index in [2.05, 4.69) is 14.8 Å². The highest BCUT2D eigenvalue weighted by molar-refractivity contribution is 5.97. The lowest BCUT2D eigenvalue weighted by atomic mass is 9.93. The van der Waals surface area contributed by atoms with Crippen molar-refractivity contribution in [3.8, 4) is 0 Å². The Hall–Kier alpha value is -3.05. The van der Waals surface area contributed by atoms with Gasteiger partial charge in [-0.05, 0) is 33.6 Å². The predicted molar refractivity (Wildman–Crippen MR) is 102 cm³/mol. The van der Waals surface area contributed by atoms with Crippen LogP contribution >= 0.6 is 0 Å². The van der Waals surface area contributed by atoms with E-state index in [-0.39, 0.29) is 28.9 Å². The molecule has 0 aliphatic carbocycles. The first-order valence-electron chi connectivity index (χ1n) is 9.78. The fraction of sp³-hybridized carbons (Fsp3) is 0.579. The fourth-order valence-corrected chi connectivity index (χ4v) is 3.57. The Morgan fingerprint density at radius 1 is 1.29 bits per heavy atom. The summed E-state index contributed by atoms with van der Waals surface area (Å²) in [6.45, 7) is 4.04. The molecule has 1 N–H and O–H groups in total. The lowest BCUT2D eigenvalue weighted by molar-refractivity contribution is -0.161. The number of H-pyrrole nitrogens is 1. The number of hydrogen-bond acceptors (Lipinski definition) is 6. The molecule has 3 heterocycles. The van der Waals surface area contributed by atoms with Gasteiger partial charge in [0.25, 0.3) is 5.56 Å². The van der Waals surface area contributed by atoms with E-state index in [1.54, 1.807) is 18.7 Å². The lowest BCUT2D eigenvalue weighted by Crippen LogP contribution is -2.39. The monoisotopic (exact) mass is 444 g/mol. The quantitative estimate of drug-likeness (QED) is 0.727. The molecule has 0 aromatic carbocycles. The van der Waals surface area contributed by atoms with E-state index in [1.807, 2.05) is 0 Å². The highest BCUT2D eigenvalue weighted by Crippen LogP contribution is 2.29. The molecular formula is C19H23F3N4O5. The van der Waals surface area contributed by atoms with Gasteiger partial charge in [-0.15, -0.1) is 0 Å². The van der Waals surface area contributed by atoms with Gasteiger partial charge in [-0.3, -0.25) is 4.79 Å². The number of carbonyl (C=O) groups excluding carboxylic acids is 2. The molecule has 2 aromatic rings. The first-order chi connectivity index (χ1) is 14.5. The normalized spacial score (nSPS) is 15.5. The molecule has 0 unspecified atom stereocenters. The van der Waals surface area contributed by atoms with Gasteiger partial charge in [0.1, 0.15) is 5.56 Å². The Bertz CT molecular complexity index is 1040. The molecule has 0 bridgehead atoms. The summed E-state index contributed by atoms with van der Waals surface area (Å²) in [6, 6.07) is 1.34. The number of piperidine rings is 1. The van der Waals surface area contributed by atoms with Crippen LogP contribution in [0.25, 0.3) is 5.65 Å². The number of carbonyl (C=O) groups is 2. The molecule has 0 atom stereocenters. The average molecular weight is 444 g/mol. The number of nitrogens with zero attached hydrogens (tertiary/aromatic N) is 3. The number of aromatic amines is 1. The zero-order chi connectivity index (χ0) is 22.9. The maximum absolute atomic E-state index is 12.4. The number of hydrogen-bond donors (Lipinski definition) is 1. The summed E-state index contributed by atoms with van der Waals surface area (Å²) in [7, 11) is 0. The van der Waals surface area contributed by atoms with Gasteiger partial charge in [0.15, 0.2) is 12.3 Å². The van der Waals surface area contributed by atoms with E-state index in [9.17, 15) is 27.6 Å². The van der Waals surface area contributed by atoms with Crippen molar-refractivity contribution in [2.75, 3.05) is 19.7 Å². The maximum Gasteiger partial charge on any atom is 0.422 e. The van der Waals surface area contributed by atoms with Crippen LogP contribution in [0.3, 0.4) is 0 Å². The standard InChI is InChI=1S/C19H23F3N4O5/c1-10(2)31-18(29)25-6-4-12(5-7-25)13-8-14(27)23-16-15(11(3)24-26(13)16)17(28)30-9-19(20,21)22/h8,10,12H,4-7,9H2,1-3H3,(H,23,27). The largest absolute Gasteiger partial charge is 0.452 e. The van der Waals surface area contributed by atoms with Crippen molar-refractivity contribution in [3.05, 3.63) is 33.4 Å². The molecule has 1 aliphatic heterocycles. The summed E-state index contributed by atoms with van der Waals surface area (Å²) in [6.07, 6.45) is -4.26. The number of nitrogens with one attached hydrogen (secondary N) is 1. The Kier molecular flexibility index (Phi) is 6.27. The number of halogens is 3. The number of amides is 1. The van der Waals surface area contributed by atoms with Crippen LogP contribution < -0.4 is 5.56 Å². The van der Waals surface area contributed by atoms with Gasteiger partial charge in [-0.1, -0.05) is 0 Å². The van der Waals surface area contributed by atoms with Crippen molar-refractivity contribution in [3.63, 3.8) is 0 Å². The minimum absolute atomic E-state index is 0.0196. The molecule has 1 aliphatic rings. The van der Waals surface area contributed by atoms with Gasteiger partial charge in [-0.25, -0.2) is 14.1 Å². The van der Waals surface area contributed by atoms with Gasteiger partial charge in [-0.2, -0.15) is 18.3 Å². The summed E-state index contributed by atoms with van der Waals surface area (Å²) in [5, 5.41) is 4.25. The first-order valence-corrected chi connectivity index (χ1v) is 9.78. The van der Waals surface area contributed by atoms with Crippen LogP contribution in [0.5, 0.6) is 0 Å². The van der Waals surface area contributed by atoms with Crippen molar-refractivity contribution in [1.29, 1.82) is 0 Å². The van der Waals surface area contributed by atoms with E-state index in [0.29, 0.717) is 31.6 Å². The van der Waals surface area contributed by atoms with Gasteiger partial charge < -0.3 is 19.4 Å². The average Bonchev–Trinajstić information content (AvgIpc) is 3.00. The zero-order valence-corrected chi connectivity index (χ0v) is 17.3. The lowest BCUT2D eigenvalue weighted by Gasteiger charge is -2.31. The number of esters is 1. The molecule has 1 fully saturated rings. The second-order valence-electron chi connectivity index (χ2n) is 7.66. The molecule has 0 saturated carbocycles. The molecule has 0 spiro atoms. The predicted octanol–water partition coefficient (Wildman–Crippen LogP) is 2.77. The third-order valence-corrected chi connectivity index (χ3v) is 4.90. The fourth-order valence-electron chi connectivity index (χ4n) is 3.57. The number of ether oxygens (including phenoxy) is 2. The minimum Gasteiger partial charge on any atom is -0.452 e. The molecule has 9 nitrogen and oxygen atoms in total. The molecule has 2 aromatic heterocycles. The molecule has 1 saturated heterocycles. The highest BCUT2D eigenvalue weighted by Gasteiger charge is 2.32. The van der Waals surface area contributed by atoms with Gasteiger partial charge in [0, 0.05) is 25.1 Å². The van der Waals surface area contributed by atoms with E-state index < -0.39 is 30.4 Å². The second kappa shape index (κ2) is 8.60. The van der Waals surface area contributed by atoms with Gasteiger partial charge >= 0.3 is 18.2 Å². The number of aryl methyl sites for hydroxylation is 1. The third kappa shape index (κ3) is 5.17. The molecule has 12 heteroatoms. The van der Waals surface area contributed by atoms with Crippen molar-refractivity contribution in [2.24, 2.45) is 0 Å². The van der Waals surface area contributed by atoms with Crippen molar-refractivity contribution in [2.45, 2.75) is 51.8 Å². The summed E-state index contributed by atoms with van der Waals surface area (Å²) in [5.41, 5.74) is -0.120. The first kappa shape index (κ1) is 22.6. The van der Waals surface area contributed by atoms with Crippen LogP contribution in [0.15, 0.2) is 10.9 Å². The van der Waals surface area contributed by atoms with Crippen molar-refractivity contribution < 1.29 is 32.2 Å². The summed E-state index contributed by atoms with van der Waals surface area (Å²) >= 11 is 0. The number of aromatic nitrogens is 3. The minimum atomic E-state index is -4.67. The number of fused-ring (bicyclic) bond motifs is 1. The Morgan fingerprint density at radius 2 is 1.94 bits per heavy atom. The zero-order valence-electron chi connectivity index (χ0n) is 17.3. The van der Waals surface area contributed by atoms with Crippen LogP contribution in [-0.2, 0) is 9.47 Å². The smallest absolute Gasteiger partial charge is 0.422 e. The third-order valence-electron chi connectivity index (χ3n) is 4.90. The SMILES string of the molecule is Cc1nn2c(C3CCN(C(=O)OC(C)C)CC3)cc(=O)[nH]c2c1C(=O)OCC(F)(F)F. The molecule has 0 radical (unpaired) electrons. The van der Waals surface area contributed by atoms with Crippen LogP contribution in [0, 0.1) is 6.92 Å². The summed E-state index contributed by atoms with van der Waals surface area (Å²) in [4.78, 5) is 40.6. The van der Waals surface area contributed by atoms with Crippen molar-refractivity contribution >= 4 is 17.7 Å². The van der Waals surface area contributed by atoms with Crippen LogP contribution in [0.4, 0.5) is 18.0 Å². The van der Waals surface area contributed by atoms with Crippen molar-refractivity contribution in [1.82, 2.24) is 19.5 Å². The maximum atomic E-state index is 12.4. The molecular weight excluding hydrogens is 421 g/mol. The number of likely N-dealkylation sites (tertiary alicyclic amines) is 1. The van der Waals surface area contributed by atoms with E-state index in [4.69, 9.17) is 4.74 Å². The number of alkyl halides is 3. The topological polar surface area (TPSA) is 106 Å². The van der Waals surface area contributed by atoms with Crippen LogP contribution in [-0.4, -0.2) is 63.5 Å². The van der Waals surface area contributed by atoms with Gasteiger partial charge in [0.05, 0.1) is 17.5 Å². The Labute approximate surface area is 175 Å².